The molecule has 3 rings (SSSR count). The summed E-state index contributed by atoms with van der Waals surface area (Å²) in [4.78, 5) is 15.3. The minimum atomic E-state index is -0.950. The van der Waals surface area contributed by atoms with E-state index < -0.39 is 5.97 Å². The topological polar surface area (TPSA) is 85.4 Å². The summed E-state index contributed by atoms with van der Waals surface area (Å²) >= 11 is 0. The molecule has 0 radical (unpaired) electrons. The zero-order chi connectivity index (χ0) is 12.9. The van der Waals surface area contributed by atoms with Gasteiger partial charge in [-0.15, -0.1) is 0 Å². The highest BCUT2D eigenvalue weighted by molar-refractivity contribution is 5.95. The van der Waals surface area contributed by atoms with Gasteiger partial charge in [0.25, 0.3) is 0 Å². The Hall–Kier alpha value is -2.14. The first-order valence-electron chi connectivity index (χ1n) is 5.65. The van der Waals surface area contributed by atoms with Crippen molar-refractivity contribution in [1.29, 1.82) is 0 Å². The van der Waals surface area contributed by atoms with E-state index in [-0.39, 0.29) is 11.7 Å². The summed E-state index contributed by atoms with van der Waals surface area (Å²) in [6.45, 7) is 2.36. The van der Waals surface area contributed by atoms with Crippen LogP contribution in [0.2, 0.25) is 0 Å². The number of nitrogens with two attached hydrogens (primary N) is 1. The smallest absolute Gasteiger partial charge is 0.335 e. The lowest BCUT2D eigenvalue weighted by Gasteiger charge is -2.10. The van der Waals surface area contributed by atoms with Crippen LogP contribution in [-0.4, -0.2) is 16.1 Å². The van der Waals surface area contributed by atoms with E-state index in [9.17, 15) is 4.79 Å². The van der Waals surface area contributed by atoms with E-state index in [4.69, 9.17) is 15.6 Å². The van der Waals surface area contributed by atoms with Crippen molar-refractivity contribution < 1.29 is 14.6 Å². The average molecular weight is 244 g/mol. The van der Waals surface area contributed by atoms with Gasteiger partial charge < -0.3 is 15.6 Å². The van der Waals surface area contributed by atoms with Gasteiger partial charge in [0.1, 0.15) is 5.82 Å². The number of hydrogen-bond acceptors (Lipinski definition) is 4. The molecule has 2 heterocycles. The molecule has 5 nitrogen and oxygen atoms in total. The van der Waals surface area contributed by atoms with Crippen LogP contribution < -0.4 is 5.73 Å². The molecule has 0 bridgehead atoms. The largest absolute Gasteiger partial charge is 0.478 e. The molecule has 1 aliphatic rings. The van der Waals surface area contributed by atoms with E-state index in [1.807, 2.05) is 6.92 Å². The van der Waals surface area contributed by atoms with Crippen LogP contribution in [0.3, 0.4) is 0 Å². The number of aromatic nitrogens is 1. The van der Waals surface area contributed by atoms with E-state index in [1.165, 1.54) is 6.07 Å². The van der Waals surface area contributed by atoms with Crippen LogP contribution in [-0.2, 0) is 11.3 Å². The van der Waals surface area contributed by atoms with Crippen LogP contribution in [0.5, 0.6) is 0 Å². The molecule has 0 amide bonds. The van der Waals surface area contributed by atoms with Gasteiger partial charge in [-0.05, 0) is 30.7 Å². The summed E-state index contributed by atoms with van der Waals surface area (Å²) in [5.74, 6) is -0.487. The Balaban J connectivity index is 2.38. The molecule has 92 valence electrons. The Morgan fingerprint density at radius 2 is 2.33 bits per heavy atom. The van der Waals surface area contributed by atoms with Gasteiger partial charge in [-0.3, -0.25) is 0 Å². The number of benzene rings is 1. The van der Waals surface area contributed by atoms with Crippen LogP contribution >= 0.6 is 0 Å². The van der Waals surface area contributed by atoms with Crippen LogP contribution in [0.15, 0.2) is 18.2 Å². The number of hydrogen-bond donors (Lipinski definition) is 2. The molecule has 5 heteroatoms. The van der Waals surface area contributed by atoms with Gasteiger partial charge in [-0.2, -0.15) is 0 Å². The number of carboxylic acid groups (broad SMARTS) is 1. The number of carbonyl (C=O) groups is 1. The molecule has 3 N–H and O–H groups in total. The third-order valence-corrected chi connectivity index (χ3v) is 3.29. The molecule has 1 aromatic heterocycles. The van der Waals surface area contributed by atoms with Crippen molar-refractivity contribution in [3.63, 3.8) is 0 Å². The molecule has 18 heavy (non-hydrogen) atoms. The normalized spacial score (nSPS) is 17.9. The van der Waals surface area contributed by atoms with Gasteiger partial charge in [-0.1, -0.05) is 0 Å². The fourth-order valence-corrected chi connectivity index (χ4v) is 2.39. The Morgan fingerprint density at radius 3 is 3.06 bits per heavy atom. The molecular formula is C13H12N2O3. The predicted octanol–water partition coefficient (Wildman–Crippen LogP) is 2.11. The summed E-state index contributed by atoms with van der Waals surface area (Å²) in [6.07, 6.45) is -0.0863. The fraction of sp³-hybridized carbons (Fsp3) is 0.231. The Labute approximate surface area is 103 Å². The summed E-state index contributed by atoms with van der Waals surface area (Å²) < 4.78 is 5.55. The van der Waals surface area contributed by atoms with Crippen LogP contribution in [0, 0.1) is 0 Å². The number of ether oxygens (including phenoxy) is 1. The van der Waals surface area contributed by atoms with Crippen LogP contribution in [0.25, 0.3) is 10.9 Å². The molecule has 0 fully saturated rings. The molecule has 2 aromatic rings. The minimum Gasteiger partial charge on any atom is -0.478 e. The lowest BCUT2D eigenvalue weighted by molar-refractivity contribution is 0.0696. The molecule has 1 unspecified atom stereocenters. The van der Waals surface area contributed by atoms with Crippen molar-refractivity contribution in [3.05, 3.63) is 34.9 Å². The van der Waals surface area contributed by atoms with Gasteiger partial charge in [0.05, 0.1) is 23.8 Å². The SMILES string of the molecule is CC1OCc2c(N)nc3ccc(C(=O)O)cc3c21. The van der Waals surface area contributed by atoms with Gasteiger partial charge in [0.15, 0.2) is 0 Å². The zero-order valence-electron chi connectivity index (χ0n) is 9.80. The number of rotatable bonds is 1. The molecular weight excluding hydrogens is 232 g/mol. The van der Waals surface area contributed by atoms with Crippen molar-refractivity contribution in [2.24, 2.45) is 0 Å². The number of nitrogens with zero attached hydrogens (tertiary/aromatic N) is 1. The molecule has 0 spiro atoms. The van der Waals surface area contributed by atoms with E-state index in [2.05, 4.69) is 4.98 Å². The molecule has 1 aromatic carbocycles. The van der Waals surface area contributed by atoms with E-state index in [1.54, 1.807) is 12.1 Å². The molecule has 0 saturated heterocycles. The van der Waals surface area contributed by atoms with E-state index >= 15 is 0 Å². The molecule has 0 aliphatic carbocycles. The van der Waals surface area contributed by atoms with Crippen molar-refractivity contribution in [3.8, 4) is 0 Å². The Morgan fingerprint density at radius 1 is 1.56 bits per heavy atom. The maximum Gasteiger partial charge on any atom is 0.335 e. The molecule has 1 aliphatic heterocycles. The fourth-order valence-electron chi connectivity index (χ4n) is 2.39. The summed E-state index contributed by atoms with van der Waals surface area (Å²) in [5, 5.41) is 9.85. The first-order valence-corrected chi connectivity index (χ1v) is 5.65. The Bertz CT molecular complexity index is 667. The summed E-state index contributed by atoms with van der Waals surface area (Å²) in [5.41, 5.74) is 8.67. The van der Waals surface area contributed by atoms with Gasteiger partial charge in [0, 0.05) is 10.9 Å². The van der Waals surface area contributed by atoms with Crippen LogP contribution in [0.4, 0.5) is 5.82 Å². The maximum atomic E-state index is 11.0. The van der Waals surface area contributed by atoms with Crippen molar-refractivity contribution in [2.45, 2.75) is 19.6 Å². The first kappa shape index (κ1) is 11.0. The highest BCUT2D eigenvalue weighted by atomic mass is 16.5. The second kappa shape index (κ2) is 3.68. The average Bonchev–Trinajstić information content (AvgIpc) is 2.72. The lowest BCUT2D eigenvalue weighted by atomic mass is 9.99. The predicted molar refractivity (Wildman–Crippen MR) is 66.3 cm³/mol. The zero-order valence-corrected chi connectivity index (χ0v) is 9.80. The summed E-state index contributed by atoms with van der Waals surface area (Å²) in [6, 6.07) is 4.85. The number of fused-ring (bicyclic) bond motifs is 3. The number of carboxylic acids is 1. The third kappa shape index (κ3) is 1.44. The second-order valence-corrected chi connectivity index (χ2v) is 4.38. The monoisotopic (exact) mass is 244 g/mol. The standard InChI is InChI=1S/C13H12N2O3/c1-6-11-8-4-7(13(16)17)2-3-10(8)15-12(14)9(11)5-18-6/h2-4,6H,5H2,1H3,(H2,14,15)(H,16,17). The van der Waals surface area contributed by atoms with Crippen molar-refractivity contribution in [1.82, 2.24) is 4.98 Å². The quantitative estimate of drug-likeness (QED) is 0.802. The number of aromatic carboxylic acids is 1. The van der Waals surface area contributed by atoms with Gasteiger partial charge >= 0.3 is 5.97 Å². The van der Waals surface area contributed by atoms with Gasteiger partial charge in [-0.25, -0.2) is 9.78 Å². The number of pyridine rings is 1. The Kier molecular flexibility index (Phi) is 2.24. The third-order valence-electron chi connectivity index (χ3n) is 3.29. The minimum absolute atomic E-state index is 0.0863. The van der Waals surface area contributed by atoms with Crippen molar-refractivity contribution >= 4 is 22.7 Å². The highest BCUT2D eigenvalue weighted by Crippen LogP contribution is 2.38. The van der Waals surface area contributed by atoms with Crippen LogP contribution in [0.1, 0.15) is 34.5 Å². The summed E-state index contributed by atoms with van der Waals surface area (Å²) in [7, 11) is 0. The van der Waals surface area contributed by atoms with Gasteiger partial charge in [0.2, 0.25) is 0 Å². The van der Waals surface area contributed by atoms with E-state index in [0.29, 0.717) is 17.9 Å². The highest BCUT2D eigenvalue weighted by Gasteiger charge is 2.25. The maximum absolute atomic E-state index is 11.0. The first-order chi connectivity index (χ1) is 8.58. The molecule has 1 atom stereocenters. The second-order valence-electron chi connectivity index (χ2n) is 4.38. The van der Waals surface area contributed by atoms with E-state index in [0.717, 1.165) is 16.5 Å². The van der Waals surface area contributed by atoms with Crippen molar-refractivity contribution in [2.75, 3.05) is 5.73 Å². The molecule has 0 saturated carbocycles. The number of nitrogen functional groups attached to an aromatic ring is 1. The lowest BCUT2D eigenvalue weighted by Crippen LogP contribution is -2.02. The number of anilines is 1.